The Labute approximate surface area is 156 Å². The predicted octanol–water partition coefficient (Wildman–Crippen LogP) is 3.46. The second-order valence-electron chi connectivity index (χ2n) is 7.70. The topological polar surface area (TPSA) is 40.6 Å². The van der Waals surface area contributed by atoms with Crippen LogP contribution in [0.15, 0.2) is 52.3 Å². The quantitative estimate of drug-likeness (QED) is 0.812. The van der Waals surface area contributed by atoms with Crippen molar-refractivity contribution in [2.24, 2.45) is 0 Å². The molecule has 1 saturated heterocycles. The van der Waals surface area contributed by atoms with Crippen molar-refractivity contribution < 1.29 is 8.42 Å². The van der Waals surface area contributed by atoms with Crippen molar-refractivity contribution in [1.82, 2.24) is 4.90 Å². The molecule has 4 rings (SSSR count). The highest BCUT2D eigenvalue weighted by Gasteiger charge is 2.38. The molecule has 0 unspecified atom stereocenters. The number of likely N-dealkylation sites (N-methyl/N-ethyl adjacent to an activating group) is 1. The van der Waals surface area contributed by atoms with Crippen molar-refractivity contribution in [1.29, 1.82) is 0 Å². The number of anilines is 1. The average Bonchev–Trinajstić information content (AvgIpc) is 2.76. The first-order chi connectivity index (χ1) is 12.4. The fourth-order valence-electron chi connectivity index (χ4n) is 4.39. The van der Waals surface area contributed by atoms with Crippen molar-refractivity contribution in [2.45, 2.75) is 41.5 Å². The summed E-state index contributed by atoms with van der Waals surface area (Å²) in [5.74, 6) is 0.410. The van der Waals surface area contributed by atoms with Gasteiger partial charge in [0.25, 0.3) is 0 Å². The number of rotatable bonds is 2. The van der Waals surface area contributed by atoms with Crippen LogP contribution in [-0.2, 0) is 9.84 Å². The van der Waals surface area contributed by atoms with Crippen molar-refractivity contribution in [2.75, 3.05) is 32.1 Å². The normalized spacial score (nSPS) is 23.4. The minimum atomic E-state index is -3.48. The molecule has 0 spiro atoms. The van der Waals surface area contributed by atoms with Gasteiger partial charge >= 0.3 is 0 Å². The lowest BCUT2D eigenvalue weighted by Gasteiger charge is -2.25. The third-order valence-electron chi connectivity index (χ3n) is 6.01. The number of sulfone groups is 1. The summed E-state index contributed by atoms with van der Waals surface area (Å²) in [6.07, 6.45) is 2.19. The number of aryl methyl sites for hydroxylation is 1. The summed E-state index contributed by atoms with van der Waals surface area (Å²) in [5.41, 5.74) is 3.44. The van der Waals surface area contributed by atoms with Gasteiger partial charge in [0.15, 0.2) is 0 Å². The van der Waals surface area contributed by atoms with Crippen LogP contribution in [0.3, 0.4) is 0 Å². The zero-order valence-corrected chi connectivity index (χ0v) is 16.5. The van der Waals surface area contributed by atoms with Crippen molar-refractivity contribution in [3.63, 3.8) is 0 Å². The van der Waals surface area contributed by atoms with E-state index in [1.165, 1.54) is 11.3 Å². The Bertz CT molecular complexity index is 922. The summed E-state index contributed by atoms with van der Waals surface area (Å²) >= 11 is 0. The lowest BCUT2D eigenvalue weighted by Crippen LogP contribution is -2.31. The molecule has 2 aliphatic heterocycles. The maximum atomic E-state index is 13.1. The molecule has 0 aromatic heterocycles. The van der Waals surface area contributed by atoms with Crippen LogP contribution in [0, 0.1) is 6.92 Å². The number of benzene rings is 2. The number of hydrogen-bond acceptors (Lipinski definition) is 4. The zero-order valence-electron chi connectivity index (χ0n) is 15.6. The third-order valence-corrected chi connectivity index (χ3v) is 7.78. The van der Waals surface area contributed by atoms with Gasteiger partial charge in [-0.25, -0.2) is 8.42 Å². The molecule has 26 heavy (non-hydrogen) atoms. The second-order valence-corrected chi connectivity index (χ2v) is 9.65. The highest BCUT2D eigenvalue weighted by Crippen LogP contribution is 2.45. The molecule has 1 fully saturated rings. The fourth-order valence-corrected chi connectivity index (χ4v) is 5.69. The van der Waals surface area contributed by atoms with Gasteiger partial charge in [0.2, 0.25) is 9.84 Å². The van der Waals surface area contributed by atoms with E-state index in [1.807, 2.05) is 31.2 Å². The number of nitrogens with zero attached hydrogens (tertiary/aromatic N) is 2. The smallest absolute Gasteiger partial charge is 0.206 e. The summed E-state index contributed by atoms with van der Waals surface area (Å²) in [6.45, 7) is 4.11. The van der Waals surface area contributed by atoms with E-state index in [0.29, 0.717) is 21.8 Å². The molecule has 0 amide bonds. The van der Waals surface area contributed by atoms with E-state index in [0.717, 1.165) is 31.5 Å². The van der Waals surface area contributed by atoms with Crippen LogP contribution in [0.2, 0.25) is 0 Å². The molecule has 4 nitrogen and oxygen atoms in total. The van der Waals surface area contributed by atoms with E-state index in [1.54, 1.807) is 18.2 Å². The summed E-state index contributed by atoms with van der Waals surface area (Å²) < 4.78 is 26.2. The zero-order chi connectivity index (χ0) is 18.5. The Morgan fingerprint density at radius 3 is 2.31 bits per heavy atom. The van der Waals surface area contributed by atoms with Crippen LogP contribution in [0.1, 0.15) is 29.9 Å². The molecule has 0 bridgehead atoms. The van der Waals surface area contributed by atoms with E-state index in [-0.39, 0.29) is 0 Å². The van der Waals surface area contributed by atoms with Gasteiger partial charge in [-0.1, -0.05) is 17.7 Å². The summed E-state index contributed by atoms with van der Waals surface area (Å²) in [4.78, 5) is 5.50. The van der Waals surface area contributed by atoms with Gasteiger partial charge in [-0.15, -0.1) is 0 Å². The minimum Gasteiger partial charge on any atom is -0.371 e. The Morgan fingerprint density at radius 1 is 0.923 bits per heavy atom. The van der Waals surface area contributed by atoms with Crippen LogP contribution in [0.25, 0.3) is 0 Å². The molecule has 0 saturated carbocycles. The van der Waals surface area contributed by atoms with Crippen LogP contribution >= 0.6 is 0 Å². The number of fused-ring (bicyclic) bond motifs is 3. The monoisotopic (exact) mass is 370 g/mol. The Kier molecular flexibility index (Phi) is 4.32. The van der Waals surface area contributed by atoms with Crippen molar-refractivity contribution >= 4 is 15.5 Å². The van der Waals surface area contributed by atoms with Gasteiger partial charge in [-0.2, -0.15) is 0 Å². The second kappa shape index (κ2) is 6.39. The average molecular weight is 371 g/mol. The highest BCUT2D eigenvalue weighted by atomic mass is 32.2. The third kappa shape index (κ3) is 2.83. The molecule has 2 aromatic carbocycles. The van der Waals surface area contributed by atoms with Gasteiger partial charge in [-0.05, 0) is 75.8 Å². The maximum Gasteiger partial charge on any atom is 0.206 e. The van der Waals surface area contributed by atoms with E-state index >= 15 is 0 Å². The summed E-state index contributed by atoms with van der Waals surface area (Å²) in [7, 11) is 0.827. The number of likely N-dealkylation sites (tertiary alicyclic amines) is 1. The lowest BCUT2D eigenvalue weighted by atomic mass is 9.91. The molecular weight excluding hydrogens is 344 g/mol. The lowest BCUT2D eigenvalue weighted by molar-refractivity contribution is 0.345. The van der Waals surface area contributed by atoms with E-state index in [2.05, 4.69) is 23.9 Å². The van der Waals surface area contributed by atoms with Crippen LogP contribution in [-0.4, -0.2) is 46.5 Å². The molecule has 2 aromatic rings. The molecule has 5 heteroatoms. The van der Waals surface area contributed by atoms with Gasteiger partial charge < -0.3 is 9.80 Å². The predicted molar refractivity (Wildman–Crippen MR) is 105 cm³/mol. The minimum absolute atomic E-state index is 0.367. The van der Waals surface area contributed by atoms with Gasteiger partial charge in [-0.3, -0.25) is 0 Å². The van der Waals surface area contributed by atoms with Crippen LogP contribution in [0.5, 0.6) is 0 Å². The maximum absolute atomic E-state index is 13.1. The largest absolute Gasteiger partial charge is 0.371 e. The Hall–Kier alpha value is -1.85. The Morgan fingerprint density at radius 2 is 1.58 bits per heavy atom. The number of hydrogen-bond donors (Lipinski definition) is 0. The molecule has 2 atom stereocenters. The molecular formula is C21H26N2O2S. The van der Waals surface area contributed by atoms with Crippen LogP contribution in [0.4, 0.5) is 5.69 Å². The first-order valence-corrected chi connectivity index (χ1v) is 10.7. The first-order valence-electron chi connectivity index (χ1n) is 9.25. The standard InChI is InChI=1S/C21H26N2O2S/c1-15-4-6-16(7-5-15)26(24,25)17-8-9-20-19(14-17)18-10-12-22(2)13-11-21(18)23(20)3/h4-9,14,18,21H,10-13H2,1-3H3/t18-,21+/m0/s1. The molecule has 2 aliphatic rings. The summed E-state index contributed by atoms with van der Waals surface area (Å²) in [5, 5.41) is 0. The van der Waals surface area contributed by atoms with Gasteiger partial charge in [0.05, 0.1) is 9.79 Å². The van der Waals surface area contributed by atoms with Gasteiger partial charge in [0.1, 0.15) is 0 Å². The van der Waals surface area contributed by atoms with Crippen molar-refractivity contribution in [3.05, 3.63) is 53.6 Å². The highest BCUT2D eigenvalue weighted by molar-refractivity contribution is 7.91. The Balaban J connectivity index is 1.75. The molecule has 0 aliphatic carbocycles. The molecule has 0 N–H and O–H groups in total. The summed E-state index contributed by atoms with van der Waals surface area (Å²) in [6, 6.07) is 13.3. The van der Waals surface area contributed by atoms with E-state index in [9.17, 15) is 8.42 Å². The van der Waals surface area contributed by atoms with Crippen molar-refractivity contribution in [3.8, 4) is 0 Å². The molecule has 2 heterocycles. The van der Waals surface area contributed by atoms with E-state index in [4.69, 9.17) is 0 Å². The first kappa shape index (κ1) is 17.6. The molecule has 138 valence electrons. The fraction of sp³-hybridized carbons (Fsp3) is 0.429. The molecule has 0 radical (unpaired) electrons. The van der Waals surface area contributed by atoms with E-state index < -0.39 is 9.84 Å². The SMILES string of the molecule is Cc1ccc(S(=O)(=O)c2ccc3c(c2)[C@@H]2CCN(C)CC[C@H]2N3C)cc1. The van der Waals surface area contributed by atoms with Crippen LogP contribution < -0.4 is 4.90 Å². The van der Waals surface area contributed by atoms with Gasteiger partial charge in [0, 0.05) is 24.7 Å².